The minimum Gasteiger partial charge on any atom is -0.492 e. The van der Waals surface area contributed by atoms with Gasteiger partial charge in [-0.15, -0.1) is 0 Å². The fraction of sp³-hybridized carbons (Fsp3) is 0.381. The molecule has 0 radical (unpaired) electrons. The van der Waals surface area contributed by atoms with Gasteiger partial charge in [0.05, 0.1) is 4.92 Å². The molecule has 0 bridgehead atoms. The summed E-state index contributed by atoms with van der Waals surface area (Å²) >= 11 is 0. The molecular formula is C21H25N3O4. The molecule has 7 nitrogen and oxygen atoms in total. The number of nitro benzene ring substituents is 1. The van der Waals surface area contributed by atoms with Gasteiger partial charge >= 0.3 is 0 Å². The molecule has 2 aromatic rings. The molecule has 0 aliphatic carbocycles. The Bertz CT molecular complexity index is 818. The molecule has 1 aliphatic rings. The summed E-state index contributed by atoms with van der Waals surface area (Å²) in [7, 11) is 0. The fourth-order valence-electron chi connectivity index (χ4n) is 3.43. The summed E-state index contributed by atoms with van der Waals surface area (Å²) < 4.78 is 5.68. The lowest BCUT2D eigenvalue weighted by Gasteiger charge is -2.33. The summed E-state index contributed by atoms with van der Waals surface area (Å²) in [6, 6.07) is 14.8. The van der Waals surface area contributed by atoms with Gasteiger partial charge in [-0.05, 0) is 44.0 Å². The number of para-hydroxylation sites is 1. The van der Waals surface area contributed by atoms with Gasteiger partial charge in [-0.25, -0.2) is 0 Å². The number of nitrogens with zero attached hydrogens (tertiary/aromatic N) is 2. The number of Topliss-reactive ketones (excluding diaryl/α,β-unsaturated/α-hetero) is 1. The number of rotatable bonds is 8. The Morgan fingerprint density at radius 2 is 1.93 bits per heavy atom. The molecule has 1 fully saturated rings. The van der Waals surface area contributed by atoms with Crippen LogP contribution in [0, 0.1) is 10.1 Å². The van der Waals surface area contributed by atoms with Gasteiger partial charge in [-0.1, -0.05) is 18.2 Å². The number of hydrogen-bond acceptors (Lipinski definition) is 6. The van der Waals surface area contributed by atoms with E-state index in [9.17, 15) is 14.9 Å². The predicted octanol–water partition coefficient (Wildman–Crippen LogP) is 3.43. The summed E-state index contributed by atoms with van der Waals surface area (Å²) in [6.07, 6.45) is 1.80. The minimum absolute atomic E-state index is 0.00429. The van der Waals surface area contributed by atoms with Crippen molar-refractivity contribution in [3.8, 4) is 5.75 Å². The highest BCUT2D eigenvalue weighted by atomic mass is 16.6. The Morgan fingerprint density at radius 3 is 2.57 bits per heavy atom. The van der Waals surface area contributed by atoms with Crippen molar-refractivity contribution in [2.75, 3.05) is 31.1 Å². The summed E-state index contributed by atoms with van der Waals surface area (Å²) in [4.78, 5) is 24.6. The third kappa shape index (κ3) is 5.07. The molecule has 1 aliphatic heterocycles. The van der Waals surface area contributed by atoms with E-state index in [4.69, 9.17) is 4.74 Å². The molecule has 0 unspecified atom stereocenters. The first-order valence-corrected chi connectivity index (χ1v) is 9.50. The second-order valence-corrected chi connectivity index (χ2v) is 6.89. The van der Waals surface area contributed by atoms with Crippen LogP contribution in [0.15, 0.2) is 48.5 Å². The smallest absolute Gasteiger partial charge is 0.293 e. The van der Waals surface area contributed by atoms with Crippen LogP contribution in [0.2, 0.25) is 0 Å². The van der Waals surface area contributed by atoms with Crippen molar-refractivity contribution >= 4 is 17.2 Å². The van der Waals surface area contributed by atoms with Gasteiger partial charge in [0.2, 0.25) is 0 Å². The third-order valence-electron chi connectivity index (χ3n) is 4.96. The maximum atomic E-state index is 11.5. The lowest BCUT2D eigenvalue weighted by Crippen LogP contribution is -2.43. The topological polar surface area (TPSA) is 84.7 Å². The number of ketones is 1. The van der Waals surface area contributed by atoms with E-state index in [0.717, 1.165) is 38.2 Å². The van der Waals surface area contributed by atoms with Crippen LogP contribution < -0.4 is 15.0 Å². The number of ether oxygens (including phenoxy) is 1. The average Bonchev–Trinajstić information content (AvgIpc) is 2.72. The maximum Gasteiger partial charge on any atom is 0.293 e. The van der Waals surface area contributed by atoms with E-state index in [1.54, 1.807) is 12.1 Å². The molecule has 1 N–H and O–H groups in total. The predicted molar refractivity (Wildman–Crippen MR) is 108 cm³/mol. The standard InChI is InChI=1S/C21H25N3O4/c1-16(25)17-7-8-20(21(15-17)24(26)27)23-12-9-18(10-13-23)22-11-14-28-19-5-3-2-4-6-19/h2-8,15,18,22H,9-14H2,1H3. The van der Waals surface area contributed by atoms with Gasteiger partial charge in [0.25, 0.3) is 5.69 Å². The first-order chi connectivity index (χ1) is 13.5. The number of piperidine rings is 1. The first-order valence-electron chi connectivity index (χ1n) is 9.50. The molecule has 2 aromatic carbocycles. The summed E-state index contributed by atoms with van der Waals surface area (Å²) in [6.45, 7) is 4.24. The number of benzene rings is 2. The van der Waals surface area contributed by atoms with Crippen molar-refractivity contribution in [1.82, 2.24) is 5.32 Å². The number of nitrogens with one attached hydrogen (secondary N) is 1. The van der Waals surface area contributed by atoms with Gasteiger partial charge < -0.3 is 15.0 Å². The third-order valence-corrected chi connectivity index (χ3v) is 4.96. The van der Waals surface area contributed by atoms with Crippen LogP contribution >= 0.6 is 0 Å². The van der Waals surface area contributed by atoms with E-state index in [1.165, 1.54) is 13.0 Å². The van der Waals surface area contributed by atoms with Crippen LogP contribution in [0.3, 0.4) is 0 Å². The van der Waals surface area contributed by atoms with E-state index < -0.39 is 4.92 Å². The SMILES string of the molecule is CC(=O)c1ccc(N2CCC(NCCOc3ccccc3)CC2)c([N+](=O)[O-])c1. The second-order valence-electron chi connectivity index (χ2n) is 6.89. The van der Waals surface area contributed by atoms with Crippen LogP contribution in [0.1, 0.15) is 30.1 Å². The normalized spacial score (nSPS) is 14.7. The van der Waals surface area contributed by atoms with Crippen LogP contribution in [0.25, 0.3) is 0 Å². The van der Waals surface area contributed by atoms with Crippen LogP contribution in [-0.2, 0) is 0 Å². The Hall–Kier alpha value is -2.93. The Kier molecular flexibility index (Phi) is 6.60. The number of nitro groups is 1. The largest absolute Gasteiger partial charge is 0.492 e. The molecule has 1 saturated heterocycles. The second kappa shape index (κ2) is 9.32. The van der Waals surface area contributed by atoms with E-state index in [0.29, 0.717) is 23.9 Å². The van der Waals surface area contributed by atoms with E-state index in [-0.39, 0.29) is 11.5 Å². The molecule has 3 rings (SSSR count). The molecule has 0 atom stereocenters. The molecule has 0 amide bonds. The lowest BCUT2D eigenvalue weighted by molar-refractivity contribution is -0.384. The van der Waals surface area contributed by atoms with Crippen molar-refractivity contribution < 1.29 is 14.5 Å². The molecule has 1 heterocycles. The summed E-state index contributed by atoms with van der Waals surface area (Å²) in [5.41, 5.74) is 0.946. The number of anilines is 1. The fourth-order valence-corrected chi connectivity index (χ4v) is 3.43. The highest BCUT2D eigenvalue weighted by Crippen LogP contribution is 2.31. The maximum absolute atomic E-state index is 11.5. The summed E-state index contributed by atoms with van der Waals surface area (Å²) in [5, 5.41) is 14.9. The molecule has 0 saturated carbocycles. The molecule has 148 valence electrons. The molecule has 0 spiro atoms. The highest BCUT2D eigenvalue weighted by molar-refractivity contribution is 5.95. The van der Waals surface area contributed by atoms with Gasteiger partial charge in [-0.2, -0.15) is 0 Å². The monoisotopic (exact) mass is 383 g/mol. The minimum atomic E-state index is -0.410. The number of carbonyl (C=O) groups excluding carboxylic acids is 1. The van der Waals surface area contributed by atoms with Crippen molar-refractivity contribution in [1.29, 1.82) is 0 Å². The van der Waals surface area contributed by atoms with Crippen molar-refractivity contribution in [2.45, 2.75) is 25.8 Å². The highest BCUT2D eigenvalue weighted by Gasteiger charge is 2.25. The van der Waals surface area contributed by atoms with E-state index in [2.05, 4.69) is 5.32 Å². The van der Waals surface area contributed by atoms with Crippen LogP contribution in [0.5, 0.6) is 5.75 Å². The molecule has 7 heteroatoms. The Labute approximate surface area is 164 Å². The van der Waals surface area contributed by atoms with Crippen LogP contribution in [-0.4, -0.2) is 43.0 Å². The van der Waals surface area contributed by atoms with Gasteiger partial charge in [-0.3, -0.25) is 14.9 Å². The van der Waals surface area contributed by atoms with E-state index in [1.807, 2.05) is 35.2 Å². The van der Waals surface area contributed by atoms with Crippen LogP contribution in [0.4, 0.5) is 11.4 Å². The molecule has 0 aromatic heterocycles. The Morgan fingerprint density at radius 1 is 1.21 bits per heavy atom. The zero-order chi connectivity index (χ0) is 19.9. The number of hydrogen-bond donors (Lipinski definition) is 1. The van der Waals surface area contributed by atoms with Crippen molar-refractivity contribution in [3.05, 3.63) is 64.2 Å². The Balaban J connectivity index is 1.50. The van der Waals surface area contributed by atoms with E-state index >= 15 is 0 Å². The van der Waals surface area contributed by atoms with Crippen molar-refractivity contribution in [2.24, 2.45) is 0 Å². The average molecular weight is 383 g/mol. The van der Waals surface area contributed by atoms with Crippen molar-refractivity contribution in [3.63, 3.8) is 0 Å². The van der Waals surface area contributed by atoms with Gasteiger partial charge in [0.15, 0.2) is 5.78 Å². The lowest BCUT2D eigenvalue weighted by atomic mass is 10.0. The zero-order valence-electron chi connectivity index (χ0n) is 16.0. The first kappa shape index (κ1) is 19.8. The van der Waals surface area contributed by atoms with Gasteiger partial charge in [0, 0.05) is 37.3 Å². The molecule has 28 heavy (non-hydrogen) atoms. The molecular weight excluding hydrogens is 358 g/mol. The number of carbonyl (C=O) groups is 1. The summed E-state index contributed by atoms with van der Waals surface area (Å²) in [5.74, 6) is 0.690. The quantitative estimate of drug-likeness (QED) is 0.325. The zero-order valence-corrected chi connectivity index (χ0v) is 16.0. The van der Waals surface area contributed by atoms with Gasteiger partial charge in [0.1, 0.15) is 18.0 Å².